The number of carbonyl (C=O) groups is 1. The van der Waals surface area contributed by atoms with Gasteiger partial charge in [-0.25, -0.2) is 4.98 Å². The fourth-order valence-corrected chi connectivity index (χ4v) is 3.05. The van der Waals surface area contributed by atoms with Gasteiger partial charge in [-0.15, -0.1) is 0 Å². The fourth-order valence-electron chi connectivity index (χ4n) is 2.74. The van der Waals surface area contributed by atoms with Crippen molar-refractivity contribution in [2.75, 3.05) is 5.32 Å². The van der Waals surface area contributed by atoms with Crippen molar-refractivity contribution in [1.29, 1.82) is 0 Å². The number of aryl methyl sites for hydroxylation is 1. The molecular formula is C18H18Cl2N2O2. The maximum absolute atomic E-state index is 12.5. The van der Waals surface area contributed by atoms with Crippen LogP contribution in [0.25, 0.3) is 0 Å². The third-order valence-corrected chi connectivity index (χ3v) is 4.91. The Morgan fingerprint density at radius 2 is 2.00 bits per heavy atom. The van der Waals surface area contributed by atoms with Gasteiger partial charge >= 0.3 is 0 Å². The Morgan fingerprint density at radius 3 is 2.75 bits per heavy atom. The van der Waals surface area contributed by atoms with Crippen molar-refractivity contribution in [3.05, 3.63) is 51.6 Å². The van der Waals surface area contributed by atoms with Crippen molar-refractivity contribution in [3.63, 3.8) is 0 Å². The summed E-state index contributed by atoms with van der Waals surface area (Å²) >= 11 is 12.0. The van der Waals surface area contributed by atoms with Crippen molar-refractivity contribution in [3.8, 4) is 5.75 Å². The third-order valence-electron chi connectivity index (χ3n) is 4.12. The summed E-state index contributed by atoms with van der Waals surface area (Å²) in [6.45, 7) is 1.97. The quantitative estimate of drug-likeness (QED) is 0.803. The maximum atomic E-state index is 12.5. The Kier molecular flexibility index (Phi) is 5.27. The lowest BCUT2D eigenvalue weighted by atomic mass is 10.1. The molecule has 0 aliphatic heterocycles. The van der Waals surface area contributed by atoms with Gasteiger partial charge in [-0.1, -0.05) is 29.3 Å². The summed E-state index contributed by atoms with van der Waals surface area (Å²) in [5.41, 5.74) is 1.50. The number of carbonyl (C=O) groups excluding carboxylic acids is 1. The number of hydrogen-bond acceptors (Lipinski definition) is 3. The number of anilines is 1. The highest BCUT2D eigenvalue weighted by Gasteiger charge is 2.19. The highest BCUT2D eigenvalue weighted by molar-refractivity contribution is 6.43. The minimum atomic E-state index is -0.303. The SMILES string of the molecule is Cc1ccc(C(=O)Nc2nccc(Cl)c2Cl)cc1OC1CCCC1. The Bertz CT molecular complexity index is 759. The number of rotatable bonds is 4. The second-order valence-electron chi connectivity index (χ2n) is 5.91. The number of ether oxygens (including phenoxy) is 1. The molecule has 4 nitrogen and oxygen atoms in total. The predicted molar refractivity (Wildman–Crippen MR) is 96.3 cm³/mol. The monoisotopic (exact) mass is 364 g/mol. The molecule has 0 radical (unpaired) electrons. The van der Waals surface area contributed by atoms with Crippen LogP contribution in [0.5, 0.6) is 5.75 Å². The van der Waals surface area contributed by atoms with E-state index in [9.17, 15) is 4.79 Å². The van der Waals surface area contributed by atoms with Crippen LogP contribution in [0.1, 0.15) is 41.6 Å². The smallest absolute Gasteiger partial charge is 0.256 e. The van der Waals surface area contributed by atoms with E-state index >= 15 is 0 Å². The highest BCUT2D eigenvalue weighted by atomic mass is 35.5. The van der Waals surface area contributed by atoms with Gasteiger partial charge < -0.3 is 10.1 Å². The normalized spacial score (nSPS) is 14.6. The number of pyridine rings is 1. The first kappa shape index (κ1) is 17.1. The highest BCUT2D eigenvalue weighted by Crippen LogP contribution is 2.29. The van der Waals surface area contributed by atoms with Crippen LogP contribution >= 0.6 is 23.2 Å². The van der Waals surface area contributed by atoms with Crippen molar-refractivity contribution in [1.82, 2.24) is 4.98 Å². The van der Waals surface area contributed by atoms with E-state index in [0.717, 1.165) is 24.2 Å². The Morgan fingerprint density at radius 1 is 1.25 bits per heavy atom. The van der Waals surface area contributed by atoms with E-state index in [1.165, 1.54) is 19.0 Å². The van der Waals surface area contributed by atoms with Gasteiger partial charge in [0.2, 0.25) is 0 Å². The molecule has 0 atom stereocenters. The second-order valence-corrected chi connectivity index (χ2v) is 6.70. The first-order valence-corrected chi connectivity index (χ1v) is 8.69. The average Bonchev–Trinajstić information content (AvgIpc) is 3.07. The lowest BCUT2D eigenvalue weighted by Gasteiger charge is -2.16. The number of halogens is 2. The van der Waals surface area contributed by atoms with E-state index in [1.807, 2.05) is 13.0 Å². The van der Waals surface area contributed by atoms with Crippen LogP contribution in [0.4, 0.5) is 5.82 Å². The molecule has 1 fully saturated rings. The predicted octanol–water partition coefficient (Wildman–Crippen LogP) is 5.27. The molecule has 0 saturated heterocycles. The molecule has 1 aromatic heterocycles. The number of nitrogens with one attached hydrogen (secondary N) is 1. The molecule has 1 aromatic carbocycles. The molecule has 1 aliphatic rings. The van der Waals surface area contributed by atoms with Crippen molar-refractivity contribution >= 4 is 34.9 Å². The van der Waals surface area contributed by atoms with Gasteiger partial charge in [-0.3, -0.25) is 4.79 Å². The van der Waals surface area contributed by atoms with Gasteiger partial charge in [0.1, 0.15) is 10.8 Å². The van der Waals surface area contributed by atoms with E-state index in [-0.39, 0.29) is 22.9 Å². The molecule has 0 bridgehead atoms. The zero-order chi connectivity index (χ0) is 17.1. The fraction of sp³-hybridized carbons (Fsp3) is 0.333. The van der Waals surface area contributed by atoms with E-state index in [1.54, 1.807) is 18.2 Å². The number of hydrogen-bond donors (Lipinski definition) is 1. The zero-order valence-corrected chi connectivity index (χ0v) is 14.8. The van der Waals surface area contributed by atoms with Gasteiger partial charge in [0.25, 0.3) is 5.91 Å². The molecule has 3 rings (SSSR count). The van der Waals surface area contributed by atoms with Crippen LogP contribution in [-0.2, 0) is 0 Å². The Hall–Kier alpha value is -1.78. The first-order valence-electron chi connectivity index (χ1n) is 7.93. The molecule has 1 amide bonds. The molecule has 126 valence electrons. The molecule has 1 saturated carbocycles. The van der Waals surface area contributed by atoms with Crippen LogP contribution in [0.3, 0.4) is 0 Å². The largest absolute Gasteiger partial charge is 0.490 e. The maximum Gasteiger partial charge on any atom is 0.256 e. The van der Waals surface area contributed by atoms with Crippen molar-refractivity contribution in [2.24, 2.45) is 0 Å². The molecule has 6 heteroatoms. The standard InChI is InChI=1S/C18H18Cl2N2O2/c1-11-6-7-12(10-15(11)24-13-4-2-3-5-13)18(23)22-17-16(20)14(19)8-9-21-17/h6-10,13H,2-5H2,1H3,(H,21,22,23). The van der Waals surface area contributed by atoms with Crippen LogP contribution in [0.15, 0.2) is 30.5 Å². The minimum Gasteiger partial charge on any atom is -0.490 e. The van der Waals surface area contributed by atoms with Gasteiger partial charge in [0.15, 0.2) is 5.82 Å². The lowest BCUT2D eigenvalue weighted by Crippen LogP contribution is -2.15. The molecule has 24 heavy (non-hydrogen) atoms. The van der Waals surface area contributed by atoms with Crippen LogP contribution < -0.4 is 10.1 Å². The average molecular weight is 365 g/mol. The summed E-state index contributed by atoms with van der Waals surface area (Å²) in [4.78, 5) is 16.5. The molecule has 1 heterocycles. The molecule has 1 aliphatic carbocycles. The van der Waals surface area contributed by atoms with E-state index < -0.39 is 0 Å². The van der Waals surface area contributed by atoms with Gasteiger partial charge in [0, 0.05) is 11.8 Å². The van der Waals surface area contributed by atoms with E-state index in [2.05, 4.69) is 10.3 Å². The topological polar surface area (TPSA) is 51.2 Å². The summed E-state index contributed by atoms with van der Waals surface area (Å²) in [7, 11) is 0. The molecule has 0 spiro atoms. The molecule has 0 unspecified atom stereocenters. The number of benzene rings is 1. The summed E-state index contributed by atoms with van der Waals surface area (Å²) < 4.78 is 6.05. The van der Waals surface area contributed by atoms with Crippen molar-refractivity contribution < 1.29 is 9.53 Å². The van der Waals surface area contributed by atoms with E-state index in [0.29, 0.717) is 10.6 Å². The van der Waals surface area contributed by atoms with Crippen LogP contribution in [0, 0.1) is 6.92 Å². The summed E-state index contributed by atoms with van der Waals surface area (Å²) in [5, 5.41) is 3.25. The zero-order valence-electron chi connectivity index (χ0n) is 13.3. The Labute approximate surface area is 151 Å². The summed E-state index contributed by atoms with van der Waals surface area (Å²) in [5.74, 6) is 0.690. The molecule has 2 aromatic rings. The van der Waals surface area contributed by atoms with Crippen molar-refractivity contribution in [2.45, 2.75) is 38.7 Å². The first-order chi connectivity index (χ1) is 11.5. The number of nitrogens with zero attached hydrogens (tertiary/aromatic N) is 1. The van der Waals surface area contributed by atoms with E-state index in [4.69, 9.17) is 27.9 Å². The molecular weight excluding hydrogens is 347 g/mol. The van der Waals surface area contributed by atoms with Gasteiger partial charge in [-0.05, 0) is 56.4 Å². The van der Waals surface area contributed by atoms with Crippen LogP contribution in [0.2, 0.25) is 10.0 Å². The van der Waals surface area contributed by atoms with Crippen LogP contribution in [-0.4, -0.2) is 17.0 Å². The summed E-state index contributed by atoms with van der Waals surface area (Å²) in [6, 6.07) is 6.97. The minimum absolute atomic E-state index is 0.224. The third kappa shape index (κ3) is 3.82. The molecule has 1 N–H and O–H groups in total. The second kappa shape index (κ2) is 7.41. The van der Waals surface area contributed by atoms with Gasteiger partial charge in [0.05, 0.1) is 11.1 Å². The number of amides is 1. The summed E-state index contributed by atoms with van der Waals surface area (Å²) in [6.07, 6.45) is 6.26. The van der Waals surface area contributed by atoms with Gasteiger partial charge in [-0.2, -0.15) is 0 Å². The lowest BCUT2D eigenvalue weighted by molar-refractivity contribution is 0.102. The Balaban J connectivity index is 1.78. The number of aromatic nitrogens is 1.